The molecule has 0 saturated heterocycles. The van der Waals surface area contributed by atoms with Crippen molar-refractivity contribution in [3.05, 3.63) is 33.9 Å². The highest BCUT2D eigenvalue weighted by Gasteiger charge is 2.28. The van der Waals surface area contributed by atoms with Crippen LogP contribution in [0.15, 0.2) is 18.2 Å². The molecule has 0 spiro atoms. The number of thioether (sulfide) groups is 1. The number of carbonyl (C=O) groups excluding carboxylic acids is 1. The Morgan fingerprint density at radius 2 is 2.24 bits per heavy atom. The molecule has 4 N–H and O–H groups in total. The van der Waals surface area contributed by atoms with Gasteiger partial charge in [-0.25, -0.2) is 0 Å². The van der Waals surface area contributed by atoms with Crippen molar-refractivity contribution in [2.75, 3.05) is 11.7 Å². The first kappa shape index (κ1) is 15.6. The van der Waals surface area contributed by atoms with Crippen LogP contribution in [-0.4, -0.2) is 28.4 Å². The molecule has 1 aromatic carbocycles. The predicted octanol–water partition coefficient (Wildman–Crippen LogP) is 1.89. The molecule has 0 heterocycles. The SMILES string of the molecule is CSC1CCC(NC(=O)c2cc(NN)ccc2[N+](=O)[O-])C1. The summed E-state index contributed by atoms with van der Waals surface area (Å²) < 4.78 is 0. The molecule has 0 radical (unpaired) electrons. The largest absolute Gasteiger partial charge is 0.349 e. The minimum Gasteiger partial charge on any atom is -0.349 e. The van der Waals surface area contributed by atoms with Gasteiger partial charge in [-0.15, -0.1) is 0 Å². The quantitative estimate of drug-likeness (QED) is 0.435. The third-order valence-electron chi connectivity index (χ3n) is 3.66. The maximum atomic E-state index is 12.3. The zero-order valence-electron chi connectivity index (χ0n) is 11.7. The lowest BCUT2D eigenvalue weighted by Crippen LogP contribution is -2.33. The number of hydrogen-bond acceptors (Lipinski definition) is 6. The van der Waals surface area contributed by atoms with Gasteiger partial charge in [0, 0.05) is 23.0 Å². The van der Waals surface area contributed by atoms with Gasteiger partial charge in [0.25, 0.3) is 11.6 Å². The Morgan fingerprint density at radius 1 is 1.48 bits per heavy atom. The van der Waals surface area contributed by atoms with Crippen LogP contribution in [0.25, 0.3) is 0 Å². The highest BCUT2D eigenvalue weighted by molar-refractivity contribution is 7.99. The predicted molar refractivity (Wildman–Crippen MR) is 83.3 cm³/mol. The highest BCUT2D eigenvalue weighted by atomic mass is 32.2. The van der Waals surface area contributed by atoms with E-state index in [2.05, 4.69) is 17.0 Å². The first-order chi connectivity index (χ1) is 10.0. The number of hydrazine groups is 1. The Kier molecular flexibility index (Phi) is 5.03. The van der Waals surface area contributed by atoms with Crippen molar-refractivity contribution in [2.45, 2.75) is 30.6 Å². The van der Waals surface area contributed by atoms with Crippen LogP contribution in [0.1, 0.15) is 29.6 Å². The number of anilines is 1. The van der Waals surface area contributed by atoms with E-state index >= 15 is 0 Å². The van der Waals surface area contributed by atoms with Gasteiger partial charge in [0.05, 0.1) is 4.92 Å². The van der Waals surface area contributed by atoms with Crippen LogP contribution >= 0.6 is 11.8 Å². The molecule has 1 aliphatic carbocycles. The lowest BCUT2D eigenvalue weighted by atomic mass is 10.1. The van der Waals surface area contributed by atoms with Gasteiger partial charge in [-0.1, -0.05) is 0 Å². The molecule has 114 valence electrons. The summed E-state index contributed by atoms with van der Waals surface area (Å²) >= 11 is 1.79. The van der Waals surface area contributed by atoms with Crippen molar-refractivity contribution >= 4 is 29.0 Å². The van der Waals surface area contributed by atoms with Gasteiger partial charge < -0.3 is 10.7 Å². The van der Waals surface area contributed by atoms with Crippen LogP contribution in [0.3, 0.4) is 0 Å². The maximum Gasteiger partial charge on any atom is 0.282 e. The van der Waals surface area contributed by atoms with Crippen LogP contribution in [0.2, 0.25) is 0 Å². The van der Waals surface area contributed by atoms with Crippen molar-refractivity contribution < 1.29 is 9.72 Å². The smallest absolute Gasteiger partial charge is 0.282 e. The molecule has 1 aliphatic rings. The highest BCUT2D eigenvalue weighted by Crippen LogP contribution is 2.29. The standard InChI is InChI=1S/C13H18N4O3S/c1-21-10-4-2-8(6-10)15-13(18)11-7-9(16-14)3-5-12(11)17(19)20/h3,5,7-8,10,16H,2,4,6,14H2,1H3,(H,15,18). The molecule has 2 unspecified atom stereocenters. The summed E-state index contributed by atoms with van der Waals surface area (Å²) in [6, 6.07) is 4.22. The molecule has 1 fully saturated rings. The van der Waals surface area contributed by atoms with Gasteiger partial charge in [0.2, 0.25) is 0 Å². The van der Waals surface area contributed by atoms with Crippen molar-refractivity contribution in [3.8, 4) is 0 Å². The van der Waals surface area contributed by atoms with Crippen LogP contribution in [0.4, 0.5) is 11.4 Å². The van der Waals surface area contributed by atoms with E-state index in [1.165, 1.54) is 18.2 Å². The normalized spacial score (nSPS) is 21.0. The second kappa shape index (κ2) is 6.77. The van der Waals surface area contributed by atoms with Crippen LogP contribution < -0.4 is 16.6 Å². The lowest BCUT2D eigenvalue weighted by molar-refractivity contribution is -0.385. The van der Waals surface area contributed by atoms with E-state index < -0.39 is 10.8 Å². The Balaban J connectivity index is 2.16. The minimum absolute atomic E-state index is 0.0306. The number of carbonyl (C=O) groups is 1. The van der Waals surface area contributed by atoms with Gasteiger partial charge in [-0.2, -0.15) is 11.8 Å². The van der Waals surface area contributed by atoms with Crippen LogP contribution in [-0.2, 0) is 0 Å². The Hall–Kier alpha value is -1.80. The number of nitro benzene ring substituents is 1. The molecular weight excluding hydrogens is 292 g/mol. The average molecular weight is 310 g/mol. The summed E-state index contributed by atoms with van der Waals surface area (Å²) in [7, 11) is 0. The number of hydrogen-bond donors (Lipinski definition) is 3. The topological polar surface area (TPSA) is 110 Å². The number of rotatable bonds is 5. The fourth-order valence-corrected chi connectivity index (χ4v) is 3.31. The Labute approximate surface area is 126 Å². The molecule has 2 rings (SSSR count). The molecule has 0 aromatic heterocycles. The molecule has 8 heteroatoms. The van der Waals surface area contributed by atoms with E-state index in [9.17, 15) is 14.9 Å². The molecule has 1 aromatic rings. The third-order valence-corrected chi connectivity index (χ3v) is 4.75. The summed E-state index contributed by atoms with van der Waals surface area (Å²) in [5.41, 5.74) is 2.66. The zero-order chi connectivity index (χ0) is 15.4. The minimum atomic E-state index is -0.561. The van der Waals surface area contributed by atoms with Crippen molar-refractivity contribution in [1.82, 2.24) is 5.32 Å². The number of nitrogens with zero attached hydrogens (tertiary/aromatic N) is 1. The molecule has 0 bridgehead atoms. The van der Waals surface area contributed by atoms with Gasteiger partial charge >= 0.3 is 0 Å². The van der Waals surface area contributed by atoms with Crippen molar-refractivity contribution in [3.63, 3.8) is 0 Å². The fourth-order valence-electron chi connectivity index (χ4n) is 2.52. The molecule has 2 atom stereocenters. The summed E-state index contributed by atoms with van der Waals surface area (Å²) in [6.07, 6.45) is 4.91. The van der Waals surface area contributed by atoms with Crippen molar-refractivity contribution in [1.29, 1.82) is 0 Å². The summed E-state index contributed by atoms with van der Waals surface area (Å²) in [5, 5.41) is 14.5. The second-order valence-corrected chi connectivity index (χ2v) is 6.11. The van der Waals surface area contributed by atoms with Crippen LogP contribution in [0.5, 0.6) is 0 Å². The van der Waals surface area contributed by atoms with Crippen LogP contribution in [0, 0.1) is 10.1 Å². The summed E-state index contributed by atoms with van der Waals surface area (Å²) in [5.74, 6) is 4.87. The van der Waals surface area contributed by atoms with E-state index in [1.54, 1.807) is 11.8 Å². The summed E-state index contributed by atoms with van der Waals surface area (Å²) in [4.78, 5) is 22.8. The number of amides is 1. The van der Waals surface area contributed by atoms with Gasteiger partial charge in [0.15, 0.2) is 0 Å². The average Bonchev–Trinajstić information content (AvgIpc) is 2.94. The first-order valence-corrected chi connectivity index (χ1v) is 7.92. The first-order valence-electron chi connectivity index (χ1n) is 6.64. The van der Waals surface area contributed by atoms with Gasteiger partial charge in [0.1, 0.15) is 5.56 Å². The molecule has 7 nitrogen and oxygen atoms in total. The fraction of sp³-hybridized carbons (Fsp3) is 0.462. The number of benzene rings is 1. The van der Waals surface area contributed by atoms with E-state index in [0.29, 0.717) is 10.9 Å². The zero-order valence-corrected chi connectivity index (χ0v) is 12.5. The Morgan fingerprint density at radius 3 is 2.81 bits per heavy atom. The lowest BCUT2D eigenvalue weighted by Gasteiger charge is -2.13. The van der Waals surface area contributed by atoms with Gasteiger partial charge in [-0.05, 0) is 37.7 Å². The molecule has 21 heavy (non-hydrogen) atoms. The number of nitrogens with two attached hydrogens (primary N) is 1. The molecule has 1 amide bonds. The molecule has 1 saturated carbocycles. The number of nitrogens with one attached hydrogen (secondary N) is 2. The monoisotopic (exact) mass is 310 g/mol. The van der Waals surface area contributed by atoms with E-state index in [-0.39, 0.29) is 17.3 Å². The molecular formula is C13H18N4O3S. The maximum absolute atomic E-state index is 12.3. The Bertz CT molecular complexity index is 552. The second-order valence-electron chi connectivity index (χ2n) is 4.97. The van der Waals surface area contributed by atoms with E-state index in [1.807, 2.05) is 0 Å². The van der Waals surface area contributed by atoms with Gasteiger partial charge in [-0.3, -0.25) is 20.8 Å². The number of nitrogen functional groups attached to an aromatic ring is 1. The van der Waals surface area contributed by atoms with E-state index in [4.69, 9.17) is 5.84 Å². The van der Waals surface area contributed by atoms with Crippen molar-refractivity contribution in [2.24, 2.45) is 5.84 Å². The summed E-state index contributed by atoms with van der Waals surface area (Å²) in [6.45, 7) is 0. The molecule has 0 aliphatic heterocycles. The third kappa shape index (κ3) is 3.64. The number of nitro groups is 1. The van der Waals surface area contributed by atoms with E-state index in [0.717, 1.165) is 19.3 Å².